The molecule has 1 aromatic rings. The van der Waals surface area contributed by atoms with E-state index in [9.17, 15) is 8.42 Å². The molecule has 4 heteroatoms. The molecule has 0 amide bonds. The quantitative estimate of drug-likeness (QED) is 0.801. The molecule has 1 aliphatic carbocycles. The van der Waals surface area contributed by atoms with E-state index in [0.29, 0.717) is 0 Å². The molecule has 0 radical (unpaired) electrons. The lowest BCUT2D eigenvalue weighted by Crippen LogP contribution is -2.12. The summed E-state index contributed by atoms with van der Waals surface area (Å²) in [5, 5.41) is 8.46. The molecule has 84 valence electrons. The summed E-state index contributed by atoms with van der Waals surface area (Å²) in [7, 11) is -3.11. The summed E-state index contributed by atoms with van der Waals surface area (Å²) in [4.78, 5) is 0. The van der Waals surface area contributed by atoms with Gasteiger partial charge < -0.3 is 0 Å². The molecule has 3 unspecified atom stereocenters. The zero-order chi connectivity index (χ0) is 11.8. The molecular formula is C12H13NO2S. The Hall–Kier alpha value is -1.34. The Bertz CT molecular complexity index is 516. The van der Waals surface area contributed by atoms with Crippen LogP contribution in [0.4, 0.5) is 0 Å². The highest BCUT2D eigenvalue weighted by atomic mass is 32.2. The van der Waals surface area contributed by atoms with Crippen molar-refractivity contribution < 1.29 is 8.42 Å². The van der Waals surface area contributed by atoms with E-state index in [1.807, 2.05) is 30.3 Å². The van der Waals surface area contributed by atoms with E-state index in [-0.39, 0.29) is 17.6 Å². The van der Waals surface area contributed by atoms with E-state index in [0.717, 1.165) is 5.56 Å². The first-order chi connectivity index (χ1) is 7.61. The zero-order valence-corrected chi connectivity index (χ0v) is 9.81. The van der Waals surface area contributed by atoms with Crippen molar-refractivity contribution in [1.82, 2.24) is 0 Å². The molecule has 1 saturated carbocycles. The number of hydrogen-bond acceptors (Lipinski definition) is 3. The van der Waals surface area contributed by atoms with Crippen molar-refractivity contribution in [3.63, 3.8) is 0 Å². The van der Waals surface area contributed by atoms with Gasteiger partial charge in [-0.15, -0.1) is 0 Å². The van der Waals surface area contributed by atoms with E-state index in [2.05, 4.69) is 6.07 Å². The predicted octanol–water partition coefficient (Wildman–Crippen LogP) is 1.73. The van der Waals surface area contributed by atoms with Crippen molar-refractivity contribution in [2.75, 3.05) is 5.75 Å². The molecule has 2 rings (SSSR count). The average Bonchev–Trinajstić information content (AvgIpc) is 3.05. The first-order valence-electron chi connectivity index (χ1n) is 5.28. The molecule has 0 aromatic heterocycles. The summed E-state index contributed by atoms with van der Waals surface area (Å²) in [6.07, 6.45) is 0. The molecule has 0 saturated heterocycles. The van der Waals surface area contributed by atoms with Crippen LogP contribution in [0.15, 0.2) is 30.3 Å². The molecule has 3 nitrogen and oxygen atoms in total. The highest BCUT2D eigenvalue weighted by molar-refractivity contribution is 7.92. The average molecular weight is 235 g/mol. The molecular weight excluding hydrogens is 222 g/mol. The van der Waals surface area contributed by atoms with Crippen LogP contribution in [0.25, 0.3) is 0 Å². The third kappa shape index (κ3) is 1.72. The Morgan fingerprint density at radius 2 is 1.94 bits per heavy atom. The standard InChI is InChI=1S/C12H13NO2S/c1-2-16(14,15)12-10(8-13)11(12)9-6-4-3-5-7-9/h3-7,10-12H,2H2,1H3. The Balaban J connectivity index is 2.31. The Kier molecular flexibility index (Phi) is 2.73. The van der Waals surface area contributed by atoms with Crippen LogP contribution in [0, 0.1) is 17.2 Å². The van der Waals surface area contributed by atoms with Crippen LogP contribution >= 0.6 is 0 Å². The molecule has 0 heterocycles. The fourth-order valence-corrected chi connectivity index (χ4v) is 3.89. The highest BCUT2D eigenvalue weighted by Crippen LogP contribution is 2.51. The normalized spacial score (nSPS) is 28.4. The monoisotopic (exact) mass is 235 g/mol. The fraction of sp³-hybridized carbons (Fsp3) is 0.417. The summed E-state index contributed by atoms with van der Waals surface area (Å²) in [5.74, 6) is -0.386. The Morgan fingerprint density at radius 1 is 1.31 bits per heavy atom. The molecule has 0 spiro atoms. The van der Waals surface area contributed by atoms with E-state index in [4.69, 9.17) is 5.26 Å². The largest absolute Gasteiger partial charge is 0.228 e. The lowest BCUT2D eigenvalue weighted by molar-refractivity contribution is 0.594. The summed E-state index contributed by atoms with van der Waals surface area (Å²) >= 11 is 0. The number of benzene rings is 1. The van der Waals surface area contributed by atoms with Gasteiger partial charge in [-0.1, -0.05) is 37.3 Å². The zero-order valence-electron chi connectivity index (χ0n) is 9.00. The third-order valence-corrected chi connectivity index (χ3v) is 5.33. The van der Waals surface area contributed by atoms with E-state index >= 15 is 0 Å². The van der Waals surface area contributed by atoms with Gasteiger partial charge in [0, 0.05) is 11.7 Å². The molecule has 1 aliphatic rings. The maximum absolute atomic E-state index is 11.8. The van der Waals surface area contributed by atoms with E-state index < -0.39 is 15.1 Å². The van der Waals surface area contributed by atoms with E-state index in [1.165, 1.54) is 0 Å². The lowest BCUT2D eigenvalue weighted by Gasteiger charge is -1.99. The van der Waals surface area contributed by atoms with Crippen LogP contribution in [-0.2, 0) is 9.84 Å². The predicted molar refractivity (Wildman–Crippen MR) is 61.5 cm³/mol. The van der Waals surface area contributed by atoms with Gasteiger partial charge in [0.05, 0.1) is 17.2 Å². The van der Waals surface area contributed by atoms with Crippen molar-refractivity contribution in [2.45, 2.75) is 18.1 Å². The second-order valence-electron chi connectivity index (χ2n) is 4.01. The lowest BCUT2D eigenvalue weighted by atomic mass is 10.1. The maximum Gasteiger partial charge on any atom is 0.154 e. The second-order valence-corrected chi connectivity index (χ2v) is 6.45. The third-order valence-electron chi connectivity index (χ3n) is 3.10. The first-order valence-corrected chi connectivity index (χ1v) is 6.99. The molecule has 0 N–H and O–H groups in total. The van der Waals surface area contributed by atoms with Crippen LogP contribution in [0.3, 0.4) is 0 Å². The smallest absolute Gasteiger partial charge is 0.154 e. The minimum absolute atomic E-state index is 0.110. The summed E-state index contributed by atoms with van der Waals surface area (Å²) in [6, 6.07) is 11.5. The SMILES string of the molecule is CCS(=O)(=O)C1C(C#N)C1c1ccccc1. The number of sulfone groups is 1. The van der Waals surface area contributed by atoms with Crippen molar-refractivity contribution in [3.8, 4) is 6.07 Å². The van der Waals surface area contributed by atoms with Crippen LogP contribution in [-0.4, -0.2) is 19.4 Å². The van der Waals surface area contributed by atoms with Crippen molar-refractivity contribution >= 4 is 9.84 Å². The Labute approximate surface area is 95.6 Å². The number of nitrogens with zero attached hydrogens (tertiary/aromatic N) is 1. The summed E-state index contributed by atoms with van der Waals surface area (Å²) < 4.78 is 23.5. The second kappa shape index (κ2) is 3.91. The van der Waals surface area contributed by atoms with Crippen molar-refractivity contribution in [3.05, 3.63) is 35.9 Å². The van der Waals surface area contributed by atoms with Crippen LogP contribution in [0.2, 0.25) is 0 Å². The van der Waals surface area contributed by atoms with Crippen molar-refractivity contribution in [2.24, 2.45) is 5.92 Å². The maximum atomic E-state index is 11.8. The molecule has 16 heavy (non-hydrogen) atoms. The fourth-order valence-electron chi connectivity index (χ4n) is 2.15. The van der Waals surface area contributed by atoms with Gasteiger partial charge in [-0.05, 0) is 5.56 Å². The first kappa shape index (κ1) is 11.2. The van der Waals surface area contributed by atoms with Gasteiger partial charge in [-0.2, -0.15) is 5.26 Å². The van der Waals surface area contributed by atoms with Gasteiger partial charge in [-0.25, -0.2) is 8.42 Å². The van der Waals surface area contributed by atoms with Gasteiger partial charge in [-0.3, -0.25) is 0 Å². The molecule has 0 aliphatic heterocycles. The van der Waals surface area contributed by atoms with Gasteiger partial charge in [0.25, 0.3) is 0 Å². The van der Waals surface area contributed by atoms with Gasteiger partial charge in [0.15, 0.2) is 9.84 Å². The molecule has 1 aromatic carbocycles. The Morgan fingerprint density at radius 3 is 2.44 bits per heavy atom. The number of nitriles is 1. The van der Waals surface area contributed by atoms with Crippen LogP contribution < -0.4 is 0 Å². The molecule has 1 fully saturated rings. The van der Waals surface area contributed by atoms with Crippen LogP contribution in [0.1, 0.15) is 18.4 Å². The minimum Gasteiger partial charge on any atom is -0.228 e. The van der Waals surface area contributed by atoms with Gasteiger partial charge in [0.2, 0.25) is 0 Å². The van der Waals surface area contributed by atoms with Crippen LogP contribution in [0.5, 0.6) is 0 Å². The van der Waals surface area contributed by atoms with E-state index in [1.54, 1.807) is 6.92 Å². The highest BCUT2D eigenvalue weighted by Gasteiger charge is 2.58. The summed E-state index contributed by atoms with van der Waals surface area (Å²) in [5.41, 5.74) is 0.955. The van der Waals surface area contributed by atoms with Gasteiger partial charge >= 0.3 is 0 Å². The number of rotatable bonds is 3. The minimum atomic E-state index is -3.11. The number of hydrogen-bond donors (Lipinski definition) is 0. The molecule has 0 bridgehead atoms. The molecule has 3 atom stereocenters. The van der Waals surface area contributed by atoms with Gasteiger partial charge in [0.1, 0.15) is 0 Å². The van der Waals surface area contributed by atoms with Crippen molar-refractivity contribution in [1.29, 1.82) is 5.26 Å². The summed E-state index contributed by atoms with van der Waals surface area (Å²) in [6.45, 7) is 1.63. The topological polar surface area (TPSA) is 57.9 Å².